The normalized spacial score (nSPS) is 10.9. The second kappa shape index (κ2) is 7.70. The van der Waals surface area contributed by atoms with Crippen LogP contribution in [0.3, 0.4) is 0 Å². The van der Waals surface area contributed by atoms with Crippen molar-refractivity contribution >= 4 is 33.0 Å². The van der Waals surface area contributed by atoms with Crippen LogP contribution in [-0.2, 0) is 6.54 Å². The molecule has 6 heteroatoms. The Morgan fingerprint density at radius 2 is 1.86 bits per heavy atom. The standard InChI is InChI=1S/C22H17N2O3S/c23-17-7-4-8-18(14-17)27-12-11-24-19-10-9-16(13-20(19)28-22(24)26)21(25)15-5-2-1-3-6-15/h1-10,13H,11-12,23H2. The lowest BCUT2D eigenvalue weighted by atomic mass is 10.0. The van der Waals surface area contributed by atoms with Gasteiger partial charge in [-0.1, -0.05) is 47.7 Å². The Morgan fingerprint density at radius 3 is 2.64 bits per heavy atom. The van der Waals surface area contributed by atoms with Crippen molar-refractivity contribution in [2.24, 2.45) is 0 Å². The van der Waals surface area contributed by atoms with E-state index in [1.165, 1.54) is 0 Å². The highest BCUT2D eigenvalue weighted by atomic mass is 32.1. The van der Waals surface area contributed by atoms with Crippen LogP contribution in [0.2, 0.25) is 0 Å². The molecule has 0 aliphatic rings. The third-order valence-corrected chi connectivity index (χ3v) is 5.27. The van der Waals surface area contributed by atoms with Crippen molar-refractivity contribution in [2.45, 2.75) is 6.54 Å². The molecular weight excluding hydrogens is 372 g/mol. The van der Waals surface area contributed by atoms with Crippen LogP contribution in [0.25, 0.3) is 10.2 Å². The van der Waals surface area contributed by atoms with Gasteiger partial charge in [0.05, 0.1) is 22.8 Å². The maximum atomic E-state index is 12.6. The highest BCUT2D eigenvalue weighted by Crippen LogP contribution is 2.21. The maximum absolute atomic E-state index is 12.6. The molecule has 28 heavy (non-hydrogen) atoms. The molecule has 0 unspecified atom stereocenters. The first kappa shape index (κ1) is 18.0. The Bertz CT molecular complexity index is 1200. The van der Waals surface area contributed by atoms with E-state index in [1.807, 2.05) is 24.3 Å². The molecule has 139 valence electrons. The number of ketones is 1. The molecule has 4 rings (SSSR count). The van der Waals surface area contributed by atoms with E-state index in [1.54, 1.807) is 47.0 Å². The number of hydrogen-bond acceptors (Lipinski definition) is 5. The van der Waals surface area contributed by atoms with Crippen LogP contribution in [0.1, 0.15) is 15.9 Å². The minimum Gasteiger partial charge on any atom is -0.491 e. The van der Waals surface area contributed by atoms with Gasteiger partial charge < -0.3 is 10.5 Å². The molecule has 2 N–H and O–H groups in total. The SMILES string of the molecule is Nc1[c]c(OCCn2c(=O)sc3cc(C(=O)c4ccccc4)ccc32)ccc1. The Hall–Kier alpha value is -3.38. The van der Waals surface area contributed by atoms with Crippen LogP contribution >= 0.6 is 11.3 Å². The minimum absolute atomic E-state index is 0.0598. The van der Waals surface area contributed by atoms with Crippen LogP contribution < -0.4 is 15.3 Å². The van der Waals surface area contributed by atoms with Crippen LogP contribution in [-0.4, -0.2) is 17.0 Å². The highest BCUT2D eigenvalue weighted by Gasteiger charge is 2.13. The molecule has 0 aliphatic carbocycles. The Balaban J connectivity index is 1.54. The second-order valence-corrected chi connectivity index (χ2v) is 7.21. The summed E-state index contributed by atoms with van der Waals surface area (Å²) in [6, 6.07) is 22.7. The zero-order chi connectivity index (χ0) is 19.5. The number of nitrogens with two attached hydrogens (primary N) is 1. The van der Waals surface area contributed by atoms with Crippen molar-refractivity contribution < 1.29 is 9.53 Å². The van der Waals surface area contributed by atoms with Crippen LogP contribution in [0.15, 0.2) is 71.5 Å². The van der Waals surface area contributed by atoms with E-state index in [2.05, 4.69) is 6.07 Å². The molecule has 1 radical (unpaired) electrons. The molecule has 1 aromatic heterocycles. The number of fused-ring (bicyclic) bond motifs is 1. The summed E-state index contributed by atoms with van der Waals surface area (Å²) in [5.41, 5.74) is 8.18. The van der Waals surface area contributed by atoms with E-state index in [0.717, 1.165) is 21.6 Å². The lowest BCUT2D eigenvalue weighted by molar-refractivity contribution is 0.103. The summed E-state index contributed by atoms with van der Waals surface area (Å²) in [5.74, 6) is 0.485. The van der Waals surface area contributed by atoms with Gasteiger partial charge in [0.2, 0.25) is 0 Å². The van der Waals surface area contributed by atoms with Crippen molar-refractivity contribution in [2.75, 3.05) is 12.3 Å². The van der Waals surface area contributed by atoms with Crippen LogP contribution in [0.5, 0.6) is 5.75 Å². The summed E-state index contributed by atoms with van der Waals surface area (Å²) in [6.07, 6.45) is 0. The molecule has 0 atom stereocenters. The predicted octanol–water partition coefficient (Wildman–Crippen LogP) is 3.76. The van der Waals surface area contributed by atoms with Crippen molar-refractivity contribution in [3.63, 3.8) is 0 Å². The number of thiazole rings is 1. The predicted molar refractivity (Wildman–Crippen MR) is 111 cm³/mol. The van der Waals surface area contributed by atoms with Gasteiger partial charge in [0, 0.05) is 16.8 Å². The molecule has 0 aliphatic heterocycles. The van der Waals surface area contributed by atoms with Crippen molar-refractivity contribution in [3.8, 4) is 5.75 Å². The Morgan fingerprint density at radius 1 is 1.04 bits per heavy atom. The Labute approximate surface area is 165 Å². The molecule has 0 saturated carbocycles. The quantitative estimate of drug-likeness (QED) is 0.403. The van der Waals surface area contributed by atoms with Crippen molar-refractivity contribution in [1.82, 2.24) is 4.57 Å². The van der Waals surface area contributed by atoms with E-state index in [0.29, 0.717) is 35.7 Å². The fraction of sp³-hybridized carbons (Fsp3) is 0.0909. The maximum Gasteiger partial charge on any atom is 0.308 e. The lowest BCUT2D eigenvalue weighted by Gasteiger charge is -2.08. The molecule has 0 fully saturated rings. The van der Waals surface area contributed by atoms with Gasteiger partial charge in [-0.25, -0.2) is 0 Å². The summed E-state index contributed by atoms with van der Waals surface area (Å²) in [7, 11) is 0. The first-order valence-corrected chi connectivity index (χ1v) is 9.57. The number of rotatable bonds is 6. The number of hydrogen-bond donors (Lipinski definition) is 1. The smallest absolute Gasteiger partial charge is 0.308 e. The number of nitrogens with zero attached hydrogens (tertiary/aromatic N) is 1. The molecule has 0 saturated heterocycles. The van der Waals surface area contributed by atoms with E-state index in [-0.39, 0.29) is 10.7 Å². The molecule has 1 heterocycles. The monoisotopic (exact) mass is 389 g/mol. The van der Waals surface area contributed by atoms with E-state index in [9.17, 15) is 9.59 Å². The molecule has 3 aromatic carbocycles. The number of ether oxygens (including phenoxy) is 1. The summed E-state index contributed by atoms with van der Waals surface area (Å²) >= 11 is 1.13. The molecular formula is C22H17N2O3S. The number of benzene rings is 3. The second-order valence-electron chi connectivity index (χ2n) is 6.22. The number of nitrogen functional groups attached to an aromatic ring is 1. The van der Waals surface area contributed by atoms with E-state index < -0.39 is 0 Å². The van der Waals surface area contributed by atoms with Gasteiger partial charge in [-0.05, 0) is 30.3 Å². The van der Waals surface area contributed by atoms with Crippen LogP contribution in [0.4, 0.5) is 5.69 Å². The third kappa shape index (κ3) is 3.68. The third-order valence-electron chi connectivity index (χ3n) is 4.33. The number of carbonyl (C=O) groups excluding carboxylic acids is 1. The zero-order valence-electron chi connectivity index (χ0n) is 14.9. The summed E-state index contributed by atoms with van der Waals surface area (Å²) in [5, 5.41) is 0. The number of aromatic nitrogens is 1. The topological polar surface area (TPSA) is 74.3 Å². The minimum atomic E-state index is -0.0838. The lowest BCUT2D eigenvalue weighted by Crippen LogP contribution is -2.17. The average molecular weight is 389 g/mol. The zero-order valence-corrected chi connectivity index (χ0v) is 15.7. The van der Waals surface area contributed by atoms with E-state index >= 15 is 0 Å². The number of carbonyl (C=O) groups is 1. The molecule has 0 bridgehead atoms. The summed E-state index contributed by atoms with van der Waals surface area (Å²) in [4.78, 5) is 24.9. The summed E-state index contributed by atoms with van der Waals surface area (Å²) in [6.45, 7) is 0.712. The molecule has 0 spiro atoms. The first-order chi connectivity index (χ1) is 13.6. The van der Waals surface area contributed by atoms with Crippen molar-refractivity contribution in [3.05, 3.63) is 93.6 Å². The van der Waals surface area contributed by atoms with Crippen molar-refractivity contribution in [1.29, 1.82) is 0 Å². The largest absolute Gasteiger partial charge is 0.491 e. The van der Waals surface area contributed by atoms with Gasteiger partial charge in [0.15, 0.2) is 5.78 Å². The van der Waals surface area contributed by atoms with Gasteiger partial charge in [-0.2, -0.15) is 0 Å². The average Bonchev–Trinajstić information content (AvgIpc) is 3.02. The van der Waals surface area contributed by atoms with Gasteiger partial charge >= 0.3 is 4.87 Å². The van der Waals surface area contributed by atoms with Gasteiger partial charge in [-0.3, -0.25) is 14.2 Å². The summed E-state index contributed by atoms with van der Waals surface area (Å²) < 4.78 is 8.07. The fourth-order valence-electron chi connectivity index (χ4n) is 2.97. The molecule has 5 nitrogen and oxygen atoms in total. The van der Waals surface area contributed by atoms with Crippen LogP contribution in [0, 0.1) is 6.07 Å². The number of anilines is 1. The van der Waals surface area contributed by atoms with E-state index in [4.69, 9.17) is 10.5 Å². The first-order valence-electron chi connectivity index (χ1n) is 8.75. The molecule has 0 amide bonds. The van der Waals surface area contributed by atoms with Gasteiger partial charge in [0.1, 0.15) is 12.4 Å². The highest BCUT2D eigenvalue weighted by molar-refractivity contribution is 7.16. The van der Waals surface area contributed by atoms with Gasteiger partial charge in [-0.15, -0.1) is 0 Å². The fourth-order valence-corrected chi connectivity index (χ4v) is 3.93. The molecule has 4 aromatic rings. The van der Waals surface area contributed by atoms with Gasteiger partial charge in [0.25, 0.3) is 0 Å². The Kier molecular flexibility index (Phi) is 4.95.